The first-order valence-electron chi connectivity index (χ1n) is 4.85. The molecule has 2 heterocycles. The van der Waals surface area contributed by atoms with Crippen LogP contribution in [0.15, 0.2) is 41.1 Å². The molecule has 0 aromatic carbocycles. The fourth-order valence-electron chi connectivity index (χ4n) is 1.45. The molecule has 1 atom stereocenters. The van der Waals surface area contributed by atoms with Gasteiger partial charge in [0.1, 0.15) is 11.5 Å². The lowest BCUT2D eigenvalue weighted by molar-refractivity contribution is 0.477. The molecule has 0 aliphatic heterocycles. The molecule has 0 bridgehead atoms. The van der Waals surface area contributed by atoms with E-state index in [2.05, 4.69) is 4.98 Å². The van der Waals surface area contributed by atoms with E-state index in [4.69, 9.17) is 16.0 Å². The van der Waals surface area contributed by atoms with Gasteiger partial charge in [0.05, 0.1) is 5.38 Å². The van der Waals surface area contributed by atoms with E-state index in [9.17, 15) is 0 Å². The molecule has 2 nitrogen and oxygen atoms in total. The van der Waals surface area contributed by atoms with Crippen molar-refractivity contribution in [3.05, 3.63) is 53.7 Å². The van der Waals surface area contributed by atoms with Crippen LogP contribution in [0.25, 0.3) is 0 Å². The lowest BCUT2D eigenvalue weighted by Gasteiger charge is -2.05. The zero-order valence-electron chi connectivity index (χ0n) is 8.48. The normalized spacial score (nSPS) is 12.7. The Morgan fingerprint density at radius 1 is 1.27 bits per heavy atom. The first-order chi connectivity index (χ1) is 7.25. The quantitative estimate of drug-likeness (QED) is 0.742. The minimum Gasteiger partial charge on any atom is -0.465 e. The largest absolute Gasteiger partial charge is 0.465 e. The summed E-state index contributed by atoms with van der Waals surface area (Å²) in [5.41, 5.74) is 1.17. The minimum atomic E-state index is -0.110. The van der Waals surface area contributed by atoms with Crippen molar-refractivity contribution in [3.63, 3.8) is 0 Å². The van der Waals surface area contributed by atoms with E-state index in [1.807, 2.05) is 31.2 Å². The molecule has 2 rings (SSSR count). The number of nitrogens with zero attached hydrogens (tertiary/aromatic N) is 1. The number of rotatable bonds is 3. The number of hydrogen-bond acceptors (Lipinski definition) is 2. The summed E-state index contributed by atoms with van der Waals surface area (Å²) >= 11 is 6.24. The van der Waals surface area contributed by atoms with Crippen molar-refractivity contribution in [1.29, 1.82) is 0 Å². The van der Waals surface area contributed by atoms with E-state index in [0.717, 1.165) is 17.9 Å². The topological polar surface area (TPSA) is 26.0 Å². The predicted molar refractivity (Wildman–Crippen MR) is 60.0 cm³/mol. The number of aryl methyl sites for hydroxylation is 1. The zero-order valence-corrected chi connectivity index (χ0v) is 9.24. The summed E-state index contributed by atoms with van der Waals surface area (Å²) < 4.78 is 5.47. The van der Waals surface area contributed by atoms with Crippen molar-refractivity contribution in [3.8, 4) is 0 Å². The molecule has 15 heavy (non-hydrogen) atoms. The second-order valence-corrected chi connectivity index (χ2v) is 4.00. The molecule has 0 radical (unpaired) electrons. The van der Waals surface area contributed by atoms with Gasteiger partial charge in [0.15, 0.2) is 0 Å². The maximum absolute atomic E-state index is 6.24. The SMILES string of the molecule is Cc1ccc(C(Cl)Cc2ccncc2)o1. The number of pyridine rings is 1. The van der Waals surface area contributed by atoms with Crippen molar-refractivity contribution in [2.24, 2.45) is 0 Å². The number of halogens is 1. The monoisotopic (exact) mass is 221 g/mol. The highest BCUT2D eigenvalue weighted by Crippen LogP contribution is 2.26. The molecule has 0 amide bonds. The van der Waals surface area contributed by atoms with Gasteiger partial charge in [-0.15, -0.1) is 11.6 Å². The van der Waals surface area contributed by atoms with Crippen molar-refractivity contribution >= 4 is 11.6 Å². The van der Waals surface area contributed by atoms with Crippen LogP contribution in [0.5, 0.6) is 0 Å². The van der Waals surface area contributed by atoms with E-state index in [1.165, 1.54) is 5.56 Å². The molecule has 3 heteroatoms. The Morgan fingerprint density at radius 3 is 2.60 bits per heavy atom. The van der Waals surface area contributed by atoms with E-state index in [1.54, 1.807) is 12.4 Å². The summed E-state index contributed by atoms with van der Waals surface area (Å²) in [4.78, 5) is 3.96. The maximum atomic E-state index is 6.24. The molecular weight excluding hydrogens is 210 g/mol. The Balaban J connectivity index is 2.07. The molecule has 0 aliphatic rings. The fraction of sp³-hybridized carbons (Fsp3) is 0.250. The number of hydrogen-bond donors (Lipinski definition) is 0. The average molecular weight is 222 g/mol. The fourth-order valence-corrected chi connectivity index (χ4v) is 1.74. The Labute approximate surface area is 93.9 Å². The van der Waals surface area contributed by atoms with Crippen LogP contribution >= 0.6 is 11.6 Å². The van der Waals surface area contributed by atoms with Crippen LogP contribution in [0, 0.1) is 6.92 Å². The van der Waals surface area contributed by atoms with Gasteiger partial charge in [-0.25, -0.2) is 0 Å². The first-order valence-corrected chi connectivity index (χ1v) is 5.28. The molecule has 2 aromatic rings. The van der Waals surface area contributed by atoms with Crippen LogP contribution in [0.4, 0.5) is 0 Å². The average Bonchev–Trinajstić information content (AvgIpc) is 2.66. The summed E-state index contributed by atoms with van der Waals surface area (Å²) in [5.74, 6) is 1.72. The first kappa shape index (κ1) is 10.2. The highest BCUT2D eigenvalue weighted by atomic mass is 35.5. The standard InChI is InChI=1S/C12H12ClNO/c1-9-2-3-12(15-9)11(13)8-10-4-6-14-7-5-10/h2-7,11H,8H2,1H3. The Hall–Kier alpha value is -1.28. The van der Waals surface area contributed by atoms with Gasteiger partial charge in [-0.05, 0) is 43.2 Å². The molecule has 0 saturated heterocycles. The Bertz CT molecular complexity index is 424. The predicted octanol–water partition coefficient (Wildman–Crippen LogP) is 3.51. The highest BCUT2D eigenvalue weighted by molar-refractivity contribution is 6.20. The van der Waals surface area contributed by atoms with E-state index in [-0.39, 0.29) is 5.38 Å². The molecule has 0 saturated carbocycles. The summed E-state index contributed by atoms with van der Waals surface area (Å²) in [6.45, 7) is 1.92. The lowest BCUT2D eigenvalue weighted by Crippen LogP contribution is -1.94. The molecular formula is C12H12ClNO. The maximum Gasteiger partial charge on any atom is 0.122 e. The number of furan rings is 1. The number of alkyl halides is 1. The molecule has 0 spiro atoms. The third kappa shape index (κ3) is 2.60. The molecule has 2 aromatic heterocycles. The van der Waals surface area contributed by atoms with Crippen LogP contribution in [0.3, 0.4) is 0 Å². The van der Waals surface area contributed by atoms with Gasteiger partial charge in [-0.2, -0.15) is 0 Å². The smallest absolute Gasteiger partial charge is 0.122 e. The van der Waals surface area contributed by atoms with Crippen molar-refractivity contribution < 1.29 is 4.42 Å². The summed E-state index contributed by atoms with van der Waals surface area (Å²) in [6, 6.07) is 7.78. The Kier molecular flexibility index (Phi) is 3.07. The minimum absolute atomic E-state index is 0.110. The second-order valence-electron chi connectivity index (χ2n) is 3.48. The van der Waals surface area contributed by atoms with Gasteiger partial charge in [0.25, 0.3) is 0 Å². The van der Waals surface area contributed by atoms with Gasteiger partial charge in [0.2, 0.25) is 0 Å². The third-order valence-corrected chi connectivity index (χ3v) is 2.60. The summed E-state index contributed by atoms with van der Waals surface area (Å²) in [5, 5.41) is -0.110. The third-order valence-electron chi connectivity index (χ3n) is 2.23. The van der Waals surface area contributed by atoms with E-state index in [0.29, 0.717) is 0 Å². The molecule has 0 N–H and O–H groups in total. The van der Waals surface area contributed by atoms with Crippen molar-refractivity contribution in [1.82, 2.24) is 4.98 Å². The van der Waals surface area contributed by atoms with Crippen molar-refractivity contribution in [2.45, 2.75) is 18.7 Å². The Morgan fingerprint density at radius 2 is 2.00 bits per heavy atom. The van der Waals surface area contributed by atoms with Gasteiger partial charge in [0, 0.05) is 12.4 Å². The molecule has 0 aliphatic carbocycles. The highest BCUT2D eigenvalue weighted by Gasteiger charge is 2.12. The lowest BCUT2D eigenvalue weighted by atomic mass is 10.1. The van der Waals surface area contributed by atoms with Crippen LogP contribution in [-0.2, 0) is 6.42 Å². The molecule has 0 fully saturated rings. The van der Waals surface area contributed by atoms with Crippen LogP contribution < -0.4 is 0 Å². The van der Waals surface area contributed by atoms with Gasteiger partial charge in [-0.1, -0.05) is 0 Å². The van der Waals surface area contributed by atoms with Gasteiger partial charge < -0.3 is 4.42 Å². The van der Waals surface area contributed by atoms with Crippen LogP contribution in [0.1, 0.15) is 22.5 Å². The van der Waals surface area contributed by atoms with Crippen molar-refractivity contribution in [2.75, 3.05) is 0 Å². The zero-order chi connectivity index (χ0) is 10.7. The van der Waals surface area contributed by atoms with Crippen LogP contribution in [-0.4, -0.2) is 4.98 Å². The van der Waals surface area contributed by atoms with E-state index >= 15 is 0 Å². The van der Waals surface area contributed by atoms with E-state index < -0.39 is 0 Å². The molecule has 1 unspecified atom stereocenters. The summed E-state index contributed by atoms with van der Waals surface area (Å²) in [7, 11) is 0. The van der Waals surface area contributed by atoms with Gasteiger partial charge >= 0.3 is 0 Å². The number of aromatic nitrogens is 1. The summed E-state index contributed by atoms with van der Waals surface area (Å²) in [6.07, 6.45) is 4.30. The van der Waals surface area contributed by atoms with Gasteiger partial charge in [-0.3, -0.25) is 4.98 Å². The van der Waals surface area contributed by atoms with Crippen LogP contribution in [0.2, 0.25) is 0 Å². The second kappa shape index (κ2) is 4.49. The molecule has 78 valence electrons.